The highest BCUT2D eigenvalue weighted by Crippen LogP contribution is 2.18. The first-order valence-electron chi connectivity index (χ1n) is 5.82. The second-order valence-electron chi connectivity index (χ2n) is 4.00. The molecule has 2 nitrogen and oxygen atoms in total. The molecule has 1 aromatic rings. The van der Waals surface area contributed by atoms with Crippen LogP contribution < -0.4 is 10.1 Å². The zero-order valence-electron chi connectivity index (χ0n) is 10.4. The molecule has 0 aliphatic carbocycles. The molecule has 0 bridgehead atoms. The minimum atomic E-state index is 0.509. The molecule has 1 N–H and O–H groups in total. The van der Waals surface area contributed by atoms with Gasteiger partial charge < -0.3 is 10.1 Å². The van der Waals surface area contributed by atoms with Gasteiger partial charge in [0.05, 0.1) is 0 Å². The Morgan fingerprint density at radius 3 is 2.75 bits per heavy atom. The monoisotopic (exact) mass is 219 g/mol. The van der Waals surface area contributed by atoms with E-state index >= 15 is 0 Å². The van der Waals surface area contributed by atoms with E-state index in [1.165, 1.54) is 0 Å². The van der Waals surface area contributed by atoms with Gasteiger partial charge in [-0.05, 0) is 13.0 Å². The predicted molar refractivity (Wildman–Crippen MR) is 69.8 cm³/mol. The van der Waals surface area contributed by atoms with Crippen molar-refractivity contribution in [2.75, 3.05) is 13.2 Å². The van der Waals surface area contributed by atoms with Crippen molar-refractivity contribution in [2.45, 2.75) is 26.8 Å². The highest BCUT2D eigenvalue weighted by Gasteiger charge is 1.99. The number of rotatable bonds is 6. The molecule has 88 valence electrons. The summed E-state index contributed by atoms with van der Waals surface area (Å²) in [6, 6.07) is 8.59. The standard InChI is InChI=1S/C14H21NO/c1-4-7-13-8-5-6-9-14(13)16-11-10-15-12(2)3/h4-9,12,15H,10-11H2,1-3H3. The lowest BCUT2D eigenvalue weighted by Gasteiger charge is -2.11. The van der Waals surface area contributed by atoms with Crippen molar-refractivity contribution in [3.63, 3.8) is 0 Å². The van der Waals surface area contributed by atoms with E-state index in [0.29, 0.717) is 12.6 Å². The Hall–Kier alpha value is -1.28. The average molecular weight is 219 g/mol. The van der Waals surface area contributed by atoms with Gasteiger partial charge in [-0.25, -0.2) is 0 Å². The number of para-hydroxylation sites is 1. The fourth-order valence-corrected chi connectivity index (χ4v) is 1.44. The smallest absolute Gasteiger partial charge is 0.126 e. The summed E-state index contributed by atoms with van der Waals surface area (Å²) in [6.45, 7) is 7.85. The normalized spacial score (nSPS) is 11.2. The number of benzene rings is 1. The molecule has 0 amide bonds. The van der Waals surface area contributed by atoms with E-state index in [2.05, 4.69) is 31.3 Å². The van der Waals surface area contributed by atoms with Gasteiger partial charge in [-0.2, -0.15) is 0 Å². The van der Waals surface area contributed by atoms with Crippen molar-refractivity contribution >= 4 is 6.08 Å². The van der Waals surface area contributed by atoms with Crippen molar-refractivity contribution in [2.24, 2.45) is 0 Å². The molecule has 0 atom stereocenters. The summed E-state index contributed by atoms with van der Waals surface area (Å²) in [5.74, 6) is 0.950. The molecule has 0 radical (unpaired) electrons. The molecular weight excluding hydrogens is 198 g/mol. The van der Waals surface area contributed by atoms with E-state index < -0.39 is 0 Å². The maximum Gasteiger partial charge on any atom is 0.126 e. The minimum absolute atomic E-state index is 0.509. The molecule has 1 aromatic carbocycles. The molecule has 2 heteroatoms. The van der Waals surface area contributed by atoms with Crippen LogP contribution in [0.1, 0.15) is 26.3 Å². The molecule has 16 heavy (non-hydrogen) atoms. The highest BCUT2D eigenvalue weighted by molar-refractivity contribution is 5.56. The van der Waals surface area contributed by atoms with Crippen LogP contribution in [0.2, 0.25) is 0 Å². The van der Waals surface area contributed by atoms with Crippen LogP contribution in [0.15, 0.2) is 30.3 Å². The van der Waals surface area contributed by atoms with Crippen LogP contribution in [0.25, 0.3) is 6.08 Å². The van der Waals surface area contributed by atoms with E-state index in [4.69, 9.17) is 4.74 Å². The summed E-state index contributed by atoms with van der Waals surface area (Å²) >= 11 is 0. The average Bonchev–Trinajstić information content (AvgIpc) is 2.26. The molecule has 0 aromatic heterocycles. The van der Waals surface area contributed by atoms with Crippen molar-refractivity contribution < 1.29 is 4.74 Å². The van der Waals surface area contributed by atoms with E-state index in [1.54, 1.807) is 0 Å². The third-order valence-electron chi connectivity index (χ3n) is 2.18. The van der Waals surface area contributed by atoms with Crippen LogP contribution in [-0.4, -0.2) is 19.2 Å². The topological polar surface area (TPSA) is 21.3 Å². The number of nitrogens with one attached hydrogen (secondary N) is 1. The van der Waals surface area contributed by atoms with Crippen LogP contribution in [0, 0.1) is 0 Å². The van der Waals surface area contributed by atoms with Gasteiger partial charge in [0.2, 0.25) is 0 Å². The first-order chi connectivity index (χ1) is 7.74. The first-order valence-corrected chi connectivity index (χ1v) is 5.82. The Labute approximate surface area is 98.3 Å². The van der Waals surface area contributed by atoms with Crippen molar-refractivity contribution in [3.8, 4) is 5.75 Å². The highest BCUT2D eigenvalue weighted by atomic mass is 16.5. The van der Waals surface area contributed by atoms with Gasteiger partial charge in [0.15, 0.2) is 0 Å². The van der Waals surface area contributed by atoms with Gasteiger partial charge in [0.25, 0.3) is 0 Å². The molecular formula is C14H21NO. The predicted octanol–water partition coefficient (Wildman–Crippen LogP) is 3.10. The van der Waals surface area contributed by atoms with E-state index in [0.717, 1.165) is 17.9 Å². The largest absolute Gasteiger partial charge is 0.492 e. The summed E-state index contributed by atoms with van der Waals surface area (Å²) in [6.07, 6.45) is 4.08. The van der Waals surface area contributed by atoms with Crippen molar-refractivity contribution in [1.82, 2.24) is 5.32 Å². The molecule has 0 aliphatic rings. The third kappa shape index (κ3) is 4.49. The maximum atomic E-state index is 5.73. The molecule has 1 rings (SSSR count). The second-order valence-corrected chi connectivity index (χ2v) is 4.00. The van der Waals surface area contributed by atoms with Gasteiger partial charge in [-0.1, -0.05) is 44.2 Å². The van der Waals surface area contributed by atoms with Crippen molar-refractivity contribution in [3.05, 3.63) is 35.9 Å². The fourth-order valence-electron chi connectivity index (χ4n) is 1.44. The summed E-state index contributed by atoms with van der Waals surface area (Å²) in [5.41, 5.74) is 1.13. The second kappa shape index (κ2) is 7.07. The molecule has 0 fully saturated rings. The third-order valence-corrected chi connectivity index (χ3v) is 2.18. The maximum absolute atomic E-state index is 5.73. The lowest BCUT2D eigenvalue weighted by molar-refractivity contribution is 0.308. The van der Waals surface area contributed by atoms with Crippen LogP contribution >= 0.6 is 0 Å². The van der Waals surface area contributed by atoms with Crippen LogP contribution in [0.3, 0.4) is 0 Å². The van der Waals surface area contributed by atoms with Crippen LogP contribution in [0.4, 0.5) is 0 Å². The van der Waals surface area contributed by atoms with Gasteiger partial charge in [-0.3, -0.25) is 0 Å². The molecule has 0 unspecified atom stereocenters. The van der Waals surface area contributed by atoms with Crippen LogP contribution in [0.5, 0.6) is 5.75 Å². The fraction of sp³-hybridized carbons (Fsp3) is 0.429. The zero-order chi connectivity index (χ0) is 11.8. The van der Waals surface area contributed by atoms with Gasteiger partial charge in [-0.15, -0.1) is 0 Å². The van der Waals surface area contributed by atoms with E-state index in [9.17, 15) is 0 Å². The lowest BCUT2D eigenvalue weighted by atomic mass is 10.2. The molecule has 0 aliphatic heterocycles. The SMILES string of the molecule is CC=Cc1ccccc1OCCNC(C)C. The Morgan fingerprint density at radius 1 is 1.31 bits per heavy atom. The minimum Gasteiger partial charge on any atom is -0.492 e. The molecule has 0 spiro atoms. The lowest BCUT2D eigenvalue weighted by Crippen LogP contribution is -2.27. The number of hydrogen-bond acceptors (Lipinski definition) is 2. The summed E-state index contributed by atoms with van der Waals surface area (Å²) in [7, 11) is 0. The van der Waals surface area contributed by atoms with Gasteiger partial charge in [0, 0.05) is 18.2 Å². The van der Waals surface area contributed by atoms with Crippen molar-refractivity contribution in [1.29, 1.82) is 0 Å². The van der Waals surface area contributed by atoms with E-state index in [-0.39, 0.29) is 0 Å². The first kappa shape index (κ1) is 12.8. The zero-order valence-corrected chi connectivity index (χ0v) is 10.4. The summed E-state index contributed by atoms with van der Waals surface area (Å²) in [5, 5.41) is 3.32. The van der Waals surface area contributed by atoms with E-state index in [1.807, 2.05) is 31.2 Å². The molecule has 0 heterocycles. The van der Waals surface area contributed by atoms with Gasteiger partial charge in [0.1, 0.15) is 12.4 Å². The Balaban J connectivity index is 2.46. The number of allylic oxidation sites excluding steroid dienone is 1. The summed E-state index contributed by atoms with van der Waals surface area (Å²) in [4.78, 5) is 0. The van der Waals surface area contributed by atoms with Gasteiger partial charge >= 0.3 is 0 Å². The number of ether oxygens (including phenoxy) is 1. The Morgan fingerprint density at radius 2 is 2.06 bits per heavy atom. The Bertz CT molecular complexity index is 331. The molecule has 0 saturated carbocycles. The molecule has 0 saturated heterocycles. The summed E-state index contributed by atoms with van der Waals surface area (Å²) < 4.78 is 5.73. The van der Waals surface area contributed by atoms with Crippen LogP contribution in [-0.2, 0) is 0 Å². The quantitative estimate of drug-likeness (QED) is 0.742. The Kier molecular flexibility index (Phi) is 5.65. The number of hydrogen-bond donors (Lipinski definition) is 1.